The Balaban J connectivity index is 2.72. The van der Waals surface area contributed by atoms with E-state index in [1.54, 1.807) is 0 Å². The average molecular weight is 240 g/mol. The zero-order chi connectivity index (χ0) is 12.0. The van der Waals surface area contributed by atoms with Gasteiger partial charge in [0.1, 0.15) is 16.6 Å². The van der Waals surface area contributed by atoms with Crippen LogP contribution in [0, 0.1) is 0 Å². The predicted molar refractivity (Wildman–Crippen MR) is 63.6 cm³/mol. The fourth-order valence-corrected chi connectivity index (χ4v) is 2.16. The Morgan fingerprint density at radius 2 is 2.25 bits per heavy atom. The van der Waals surface area contributed by atoms with Crippen molar-refractivity contribution in [3.8, 4) is 0 Å². The highest BCUT2D eigenvalue weighted by molar-refractivity contribution is 8.00. The third-order valence-corrected chi connectivity index (χ3v) is 3.40. The van der Waals surface area contributed by atoms with Gasteiger partial charge < -0.3 is 5.11 Å². The van der Waals surface area contributed by atoms with Gasteiger partial charge in [-0.15, -0.1) is 0 Å². The molecule has 0 fully saturated rings. The molecule has 1 atom stereocenters. The molecule has 88 valence electrons. The largest absolute Gasteiger partial charge is 0.480 e. The van der Waals surface area contributed by atoms with Crippen LogP contribution in [0.25, 0.3) is 0 Å². The van der Waals surface area contributed by atoms with E-state index in [4.69, 9.17) is 5.11 Å². The van der Waals surface area contributed by atoms with Crippen molar-refractivity contribution in [2.45, 2.75) is 43.4 Å². The molecule has 0 saturated carbocycles. The van der Waals surface area contributed by atoms with Crippen LogP contribution in [0.4, 0.5) is 0 Å². The maximum absolute atomic E-state index is 10.9. The lowest BCUT2D eigenvalue weighted by molar-refractivity contribution is -0.136. The van der Waals surface area contributed by atoms with Crippen molar-refractivity contribution in [2.24, 2.45) is 0 Å². The Bertz CT molecular complexity index is 358. The van der Waals surface area contributed by atoms with Gasteiger partial charge in [-0.25, -0.2) is 9.97 Å². The predicted octanol–water partition coefficient (Wildman–Crippen LogP) is 2.38. The zero-order valence-corrected chi connectivity index (χ0v) is 10.3. The molecule has 4 nitrogen and oxygen atoms in total. The number of carboxylic acids is 1. The summed E-state index contributed by atoms with van der Waals surface area (Å²) in [5.41, 5.74) is 0.972. The summed E-state index contributed by atoms with van der Waals surface area (Å²) < 4.78 is 0. The molecule has 1 aromatic rings. The van der Waals surface area contributed by atoms with Crippen LogP contribution in [-0.2, 0) is 11.2 Å². The van der Waals surface area contributed by atoms with Crippen molar-refractivity contribution in [2.75, 3.05) is 0 Å². The van der Waals surface area contributed by atoms with Crippen LogP contribution in [0.3, 0.4) is 0 Å². The lowest BCUT2D eigenvalue weighted by atomic mass is 10.2. The van der Waals surface area contributed by atoms with E-state index in [-0.39, 0.29) is 0 Å². The summed E-state index contributed by atoms with van der Waals surface area (Å²) in [7, 11) is 0. The number of carboxylic acid groups (broad SMARTS) is 1. The first-order valence-corrected chi connectivity index (χ1v) is 6.25. The number of hydrogen-bond donors (Lipinski definition) is 1. The Hall–Kier alpha value is -1.10. The minimum absolute atomic E-state index is 0.427. The molecule has 0 aromatic carbocycles. The molecule has 0 aliphatic carbocycles. The van der Waals surface area contributed by atoms with Gasteiger partial charge in [-0.2, -0.15) is 0 Å². The Morgan fingerprint density at radius 3 is 2.81 bits per heavy atom. The second-order valence-electron chi connectivity index (χ2n) is 3.45. The Kier molecular flexibility index (Phi) is 5.25. The van der Waals surface area contributed by atoms with Crippen LogP contribution >= 0.6 is 11.8 Å². The summed E-state index contributed by atoms with van der Waals surface area (Å²) in [6.07, 6.45) is 4.02. The molecule has 0 amide bonds. The topological polar surface area (TPSA) is 63.1 Å². The fourth-order valence-electron chi connectivity index (χ4n) is 1.29. The van der Waals surface area contributed by atoms with Gasteiger partial charge >= 0.3 is 5.97 Å². The molecule has 1 unspecified atom stereocenters. The quantitative estimate of drug-likeness (QED) is 0.611. The second kappa shape index (κ2) is 6.48. The summed E-state index contributed by atoms with van der Waals surface area (Å²) in [5, 5.41) is 9.26. The standard InChI is InChI=1S/C11H16N2O2S/c1-3-5-8-6-10(13-7-12-8)16-9(4-2)11(14)15/h6-7,9H,3-5H2,1-2H3,(H,14,15). The highest BCUT2D eigenvalue weighted by atomic mass is 32.2. The third kappa shape index (κ3) is 3.81. The van der Waals surface area contributed by atoms with Crippen LogP contribution in [0.1, 0.15) is 32.4 Å². The molecule has 1 rings (SSSR count). The van der Waals surface area contributed by atoms with Gasteiger partial charge in [-0.1, -0.05) is 32.0 Å². The Labute approximate surface area is 99.5 Å². The van der Waals surface area contributed by atoms with Crippen molar-refractivity contribution in [1.82, 2.24) is 9.97 Å². The van der Waals surface area contributed by atoms with Crippen LogP contribution in [0.5, 0.6) is 0 Å². The van der Waals surface area contributed by atoms with Crippen molar-refractivity contribution < 1.29 is 9.90 Å². The van der Waals surface area contributed by atoms with Crippen molar-refractivity contribution in [1.29, 1.82) is 0 Å². The van der Waals surface area contributed by atoms with Crippen molar-refractivity contribution in [3.63, 3.8) is 0 Å². The molecule has 1 heterocycles. The van der Waals surface area contributed by atoms with Gasteiger partial charge in [-0.3, -0.25) is 4.79 Å². The zero-order valence-electron chi connectivity index (χ0n) is 9.51. The van der Waals surface area contributed by atoms with Crippen LogP contribution in [0.15, 0.2) is 17.4 Å². The first kappa shape index (κ1) is 13.0. The van der Waals surface area contributed by atoms with Gasteiger partial charge in [0.05, 0.1) is 0 Å². The first-order chi connectivity index (χ1) is 7.67. The Morgan fingerprint density at radius 1 is 1.50 bits per heavy atom. The molecule has 5 heteroatoms. The second-order valence-corrected chi connectivity index (χ2v) is 4.67. The number of rotatable bonds is 6. The van der Waals surface area contributed by atoms with E-state index in [0.717, 1.165) is 23.6 Å². The average Bonchev–Trinajstić information content (AvgIpc) is 2.26. The summed E-state index contributed by atoms with van der Waals surface area (Å²) in [4.78, 5) is 19.1. The number of thioether (sulfide) groups is 1. The smallest absolute Gasteiger partial charge is 0.317 e. The third-order valence-electron chi connectivity index (χ3n) is 2.11. The van der Waals surface area contributed by atoms with Gasteiger partial charge in [-0.05, 0) is 18.9 Å². The number of hydrogen-bond acceptors (Lipinski definition) is 4. The molecule has 16 heavy (non-hydrogen) atoms. The molecular formula is C11H16N2O2S. The first-order valence-electron chi connectivity index (χ1n) is 5.37. The molecule has 0 saturated heterocycles. The molecule has 1 N–H and O–H groups in total. The highest BCUT2D eigenvalue weighted by Gasteiger charge is 2.17. The van der Waals surface area contributed by atoms with E-state index in [1.165, 1.54) is 18.1 Å². The van der Waals surface area contributed by atoms with Gasteiger partial charge in [0, 0.05) is 5.69 Å². The van der Waals surface area contributed by atoms with E-state index in [9.17, 15) is 4.79 Å². The number of aryl methyl sites for hydroxylation is 1. The normalized spacial score (nSPS) is 12.4. The molecular weight excluding hydrogens is 224 g/mol. The maximum atomic E-state index is 10.9. The summed E-state index contributed by atoms with van der Waals surface area (Å²) in [6.45, 7) is 3.95. The fraction of sp³-hybridized carbons (Fsp3) is 0.545. The summed E-state index contributed by atoms with van der Waals surface area (Å²) in [6, 6.07) is 1.87. The number of aliphatic carboxylic acids is 1. The SMILES string of the molecule is CCCc1cc(SC(CC)C(=O)O)ncn1. The molecule has 0 spiro atoms. The number of carbonyl (C=O) groups is 1. The van der Waals surface area contributed by atoms with E-state index in [0.29, 0.717) is 6.42 Å². The minimum atomic E-state index is -0.789. The molecule has 0 aliphatic rings. The highest BCUT2D eigenvalue weighted by Crippen LogP contribution is 2.23. The summed E-state index contributed by atoms with van der Waals surface area (Å²) in [5.74, 6) is -0.789. The van der Waals surface area contributed by atoms with Crippen LogP contribution in [-0.4, -0.2) is 26.3 Å². The lowest BCUT2D eigenvalue weighted by Crippen LogP contribution is -2.15. The van der Waals surface area contributed by atoms with Crippen molar-refractivity contribution >= 4 is 17.7 Å². The minimum Gasteiger partial charge on any atom is -0.480 e. The van der Waals surface area contributed by atoms with Crippen molar-refractivity contribution in [3.05, 3.63) is 18.1 Å². The van der Waals surface area contributed by atoms with E-state index in [2.05, 4.69) is 16.9 Å². The monoisotopic (exact) mass is 240 g/mol. The van der Waals surface area contributed by atoms with E-state index >= 15 is 0 Å². The van der Waals surface area contributed by atoms with E-state index < -0.39 is 11.2 Å². The maximum Gasteiger partial charge on any atom is 0.317 e. The molecule has 0 bridgehead atoms. The van der Waals surface area contributed by atoms with Gasteiger partial charge in [0.15, 0.2) is 0 Å². The molecule has 0 radical (unpaired) electrons. The lowest BCUT2D eigenvalue weighted by Gasteiger charge is -2.08. The van der Waals surface area contributed by atoms with Crippen LogP contribution < -0.4 is 0 Å². The van der Waals surface area contributed by atoms with Gasteiger partial charge in [0.2, 0.25) is 0 Å². The number of aromatic nitrogens is 2. The van der Waals surface area contributed by atoms with E-state index in [1.807, 2.05) is 13.0 Å². The number of nitrogens with zero attached hydrogens (tertiary/aromatic N) is 2. The molecule has 1 aromatic heterocycles. The van der Waals surface area contributed by atoms with Crippen LogP contribution in [0.2, 0.25) is 0 Å². The summed E-state index contributed by atoms with van der Waals surface area (Å²) >= 11 is 1.29. The molecule has 0 aliphatic heterocycles. The van der Waals surface area contributed by atoms with Gasteiger partial charge in [0.25, 0.3) is 0 Å².